The van der Waals surface area contributed by atoms with Crippen LogP contribution in [0.5, 0.6) is 0 Å². The Hall–Kier alpha value is -0.570. The van der Waals surface area contributed by atoms with E-state index in [2.05, 4.69) is 17.6 Å². The number of nitrogens with one attached hydrogen (secondary N) is 2. The first-order chi connectivity index (χ1) is 7.77. The van der Waals surface area contributed by atoms with Crippen molar-refractivity contribution in [1.82, 2.24) is 10.6 Å². The maximum absolute atomic E-state index is 11.8. The zero-order valence-electron chi connectivity index (χ0n) is 10.3. The van der Waals surface area contributed by atoms with Gasteiger partial charge in [-0.15, -0.1) is 0 Å². The molecule has 0 aromatic rings. The van der Waals surface area contributed by atoms with Crippen LogP contribution >= 0.6 is 0 Å². The summed E-state index contributed by atoms with van der Waals surface area (Å²) in [5.74, 6) is 0.999. The molecule has 1 unspecified atom stereocenters. The summed E-state index contributed by atoms with van der Waals surface area (Å²) in [5.41, 5.74) is 0. The molecular weight excluding hydrogens is 200 g/mol. The average Bonchev–Trinajstić information content (AvgIpc) is 2.73. The van der Waals surface area contributed by atoms with E-state index in [0.29, 0.717) is 6.04 Å². The topological polar surface area (TPSA) is 41.1 Å². The van der Waals surface area contributed by atoms with Crippen molar-refractivity contribution >= 4 is 5.91 Å². The second-order valence-electron chi connectivity index (χ2n) is 5.34. The zero-order chi connectivity index (χ0) is 11.4. The van der Waals surface area contributed by atoms with E-state index in [0.717, 1.165) is 31.7 Å². The first kappa shape index (κ1) is 11.9. The van der Waals surface area contributed by atoms with E-state index in [9.17, 15) is 4.79 Å². The van der Waals surface area contributed by atoms with Crippen LogP contribution < -0.4 is 10.6 Å². The molecule has 2 N–H and O–H groups in total. The highest BCUT2D eigenvalue weighted by Crippen LogP contribution is 2.27. The van der Waals surface area contributed by atoms with Crippen molar-refractivity contribution in [1.29, 1.82) is 0 Å². The molecule has 0 aromatic carbocycles. The largest absolute Gasteiger partial charge is 0.355 e. The molecule has 0 bridgehead atoms. The number of carbonyl (C=O) groups is 1. The van der Waals surface area contributed by atoms with Gasteiger partial charge in [0.05, 0.1) is 6.04 Å². The molecular formula is C13H24N2O. The van der Waals surface area contributed by atoms with Crippen LogP contribution in [-0.4, -0.2) is 24.5 Å². The van der Waals surface area contributed by atoms with Gasteiger partial charge < -0.3 is 10.6 Å². The lowest BCUT2D eigenvalue weighted by Gasteiger charge is -2.25. The van der Waals surface area contributed by atoms with Crippen molar-refractivity contribution in [2.24, 2.45) is 5.92 Å². The summed E-state index contributed by atoms with van der Waals surface area (Å²) in [7, 11) is 0. The molecule has 1 aliphatic carbocycles. The average molecular weight is 224 g/mol. The molecule has 3 nitrogen and oxygen atoms in total. The fourth-order valence-corrected chi connectivity index (χ4v) is 3.01. The fraction of sp³-hybridized carbons (Fsp3) is 0.923. The molecule has 1 aliphatic heterocycles. The maximum Gasteiger partial charge on any atom is 0.237 e. The Kier molecular flexibility index (Phi) is 4.22. The first-order valence-electron chi connectivity index (χ1n) is 6.81. The first-order valence-corrected chi connectivity index (χ1v) is 6.81. The Morgan fingerprint density at radius 1 is 1.19 bits per heavy atom. The molecule has 1 saturated carbocycles. The maximum atomic E-state index is 11.8. The predicted molar refractivity (Wildman–Crippen MR) is 65.2 cm³/mol. The number of hydrogen-bond donors (Lipinski definition) is 2. The van der Waals surface area contributed by atoms with Gasteiger partial charge in [0.1, 0.15) is 0 Å². The van der Waals surface area contributed by atoms with Crippen molar-refractivity contribution in [2.75, 3.05) is 6.54 Å². The van der Waals surface area contributed by atoms with E-state index in [1.54, 1.807) is 0 Å². The predicted octanol–water partition coefficient (Wildman–Crippen LogP) is 1.82. The summed E-state index contributed by atoms with van der Waals surface area (Å²) in [6.45, 7) is 3.10. The Balaban J connectivity index is 1.83. The van der Waals surface area contributed by atoms with Crippen molar-refractivity contribution in [3.63, 3.8) is 0 Å². The molecule has 92 valence electrons. The van der Waals surface area contributed by atoms with Crippen molar-refractivity contribution in [2.45, 2.75) is 64.0 Å². The van der Waals surface area contributed by atoms with E-state index in [1.165, 1.54) is 25.7 Å². The van der Waals surface area contributed by atoms with Crippen molar-refractivity contribution in [3.05, 3.63) is 0 Å². The minimum atomic E-state index is 0.0538. The van der Waals surface area contributed by atoms with Gasteiger partial charge in [0.25, 0.3) is 0 Å². The van der Waals surface area contributed by atoms with Crippen LogP contribution in [0.1, 0.15) is 51.9 Å². The van der Waals surface area contributed by atoms with Gasteiger partial charge in [0.15, 0.2) is 0 Å². The fourth-order valence-electron chi connectivity index (χ4n) is 3.01. The second kappa shape index (κ2) is 5.67. The van der Waals surface area contributed by atoms with E-state index < -0.39 is 0 Å². The van der Waals surface area contributed by atoms with Crippen LogP contribution in [0.4, 0.5) is 0 Å². The van der Waals surface area contributed by atoms with Gasteiger partial charge in [-0.2, -0.15) is 0 Å². The van der Waals surface area contributed by atoms with Crippen LogP contribution in [0.15, 0.2) is 0 Å². The van der Waals surface area contributed by atoms with Crippen molar-refractivity contribution < 1.29 is 4.79 Å². The number of amides is 1. The Bertz CT molecular complexity index is 236. The van der Waals surface area contributed by atoms with Gasteiger partial charge in [-0.1, -0.05) is 12.8 Å². The van der Waals surface area contributed by atoms with Gasteiger partial charge >= 0.3 is 0 Å². The molecule has 1 amide bonds. The highest BCUT2D eigenvalue weighted by atomic mass is 16.2. The minimum absolute atomic E-state index is 0.0538. The monoisotopic (exact) mass is 224 g/mol. The lowest BCUT2D eigenvalue weighted by molar-refractivity contribution is -0.123. The van der Waals surface area contributed by atoms with E-state index >= 15 is 0 Å². The minimum Gasteiger partial charge on any atom is -0.355 e. The summed E-state index contributed by atoms with van der Waals surface area (Å²) in [6.07, 6.45) is 8.70. The highest BCUT2D eigenvalue weighted by molar-refractivity contribution is 5.81. The summed E-state index contributed by atoms with van der Waals surface area (Å²) in [4.78, 5) is 11.8. The molecule has 16 heavy (non-hydrogen) atoms. The quantitative estimate of drug-likeness (QED) is 0.768. The zero-order valence-corrected chi connectivity index (χ0v) is 10.3. The van der Waals surface area contributed by atoms with Gasteiger partial charge in [-0.3, -0.25) is 4.79 Å². The molecule has 2 rings (SSSR count). The normalized spacial score (nSPS) is 29.8. The lowest BCUT2D eigenvalue weighted by atomic mass is 9.98. The van der Waals surface area contributed by atoms with Gasteiger partial charge in [0.2, 0.25) is 5.91 Å². The Labute approximate surface area is 98.4 Å². The van der Waals surface area contributed by atoms with E-state index in [-0.39, 0.29) is 11.9 Å². The van der Waals surface area contributed by atoms with Crippen LogP contribution in [0.2, 0.25) is 0 Å². The van der Waals surface area contributed by atoms with Crippen molar-refractivity contribution in [3.8, 4) is 0 Å². The molecule has 2 atom stereocenters. The molecule has 0 radical (unpaired) electrons. The lowest BCUT2D eigenvalue weighted by Crippen LogP contribution is -2.48. The Morgan fingerprint density at radius 3 is 2.62 bits per heavy atom. The van der Waals surface area contributed by atoms with Crippen LogP contribution in [0.3, 0.4) is 0 Å². The molecule has 2 fully saturated rings. The second-order valence-corrected chi connectivity index (χ2v) is 5.34. The molecule has 1 saturated heterocycles. The molecule has 3 heteroatoms. The smallest absolute Gasteiger partial charge is 0.237 e. The summed E-state index contributed by atoms with van der Waals surface area (Å²) >= 11 is 0. The SMILES string of the molecule is C[C@@H](NC1CCCCNC1=O)C1CCCC1. The van der Waals surface area contributed by atoms with Crippen LogP contribution in [0.25, 0.3) is 0 Å². The van der Waals surface area contributed by atoms with E-state index in [1.807, 2.05) is 0 Å². The summed E-state index contributed by atoms with van der Waals surface area (Å²) < 4.78 is 0. The van der Waals surface area contributed by atoms with E-state index in [4.69, 9.17) is 0 Å². The number of hydrogen-bond acceptors (Lipinski definition) is 2. The standard InChI is InChI=1S/C13H24N2O/c1-10(11-6-2-3-7-11)15-12-8-4-5-9-14-13(12)16/h10-12,15H,2-9H2,1H3,(H,14,16)/t10-,12?/m1/s1. The van der Waals surface area contributed by atoms with Gasteiger partial charge in [-0.05, 0) is 44.9 Å². The highest BCUT2D eigenvalue weighted by Gasteiger charge is 2.27. The van der Waals surface area contributed by atoms with Crippen LogP contribution in [-0.2, 0) is 4.79 Å². The Morgan fingerprint density at radius 2 is 1.88 bits per heavy atom. The molecule has 2 aliphatic rings. The molecule has 0 aromatic heterocycles. The van der Waals surface area contributed by atoms with Gasteiger partial charge in [-0.25, -0.2) is 0 Å². The number of rotatable bonds is 3. The van der Waals surface area contributed by atoms with Crippen LogP contribution in [0, 0.1) is 5.92 Å². The number of carbonyl (C=O) groups excluding carboxylic acids is 1. The third-order valence-corrected chi connectivity index (χ3v) is 4.11. The summed E-state index contributed by atoms with van der Waals surface area (Å²) in [6, 6.07) is 0.550. The summed E-state index contributed by atoms with van der Waals surface area (Å²) in [5, 5.41) is 6.53. The molecule has 0 spiro atoms. The molecule has 1 heterocycles. The van der Waals surface area contributed by atoms with Gasteiger partial charge in [0, 0.05) is 12.6 Å². The third-order valence-electron chi connectivity index (χ3n) is 4.11. The third kappa shape index (κ3) is 2.97.